The fraction of sp³-hybridized carbons (Fsp3) is 0.250. The predicted molar refractivity (Wildman–Crippen MR) is 63.4 cm³/mol. The third-order valence-electron chi connectivity index (χ3n) is 2.59. The summed E-state index contributed by atoms with van der Waals surface area (Å²) in [4.78, 5) is 35.5. The van der Waals surface area contributed by atoms with Gasteiger partial charge in [0.25, 0.3) is 0 Å². The molecular weight excluding hydrogens is 236 g/mol. The highest BCUT2D eigenvalue weighted by Gasteiger charge is 2.33. The summed E-state index contributed by atoms with van der Waals surface area (Å²) in [6.07, 6.45) is -0.344. The molecule has 1 aromatic rings. The van der Waals surface area contributed by atoms with Crippen molar-refractivity contribution >= 4 is 23.5 Å². The SMILES string of the molecule is COc1ccc(C)cc1N1C(=O)CC(=O)NC1=O. The zero-order valence-corrected chi connectivity index (χ0v) is 10.0. The number of rotatable bonds is 2. The normalized spacial score (nSPS) is 15.7. The van der Waals surface area contributed by atoms with E-state index in [1.54, 1.807) is 18.2 Å². The highest BCUT2D eigenvalue weighted by Crippen LogP contribution is 2.30. The molecule has 0 radical (unpaired) electrons. The number of carbonyl (C=O) groups is 3. The molecule has 0 unspecified atom stereocenters. The van der Waals surface area contributed by atoms with Crippen molar-refractivity contribution in [3.63, 3.8) is 0 Å². The predicted octanol–water partition coefficient (Wildman–Crippen LogP) is 0.977. The van der Waals surface area contributed by atoms with Gasteiger partial charge in [-0.05, 0) is 24.6 Å². The Morgan fingerprint density at radius 2 is 2.00 bits per heavy atom. The number of hydrogen-bond donors (Lipinski definition) is 1. The Morgan fingerprint density at radius 3 is 2.61 bits per heavy atom. The number of anilines is 1. The van der Waals surface area contributed by atoms with Crippen LogP contribution >= 0.6 is 0 Å². The second kappa shape index (κ2) is 4.48. The molecule has 0 bridgehead atoms. The van der Waals surface area contributed by atoms with Gasteiger partial charge in [0, 0.05) is 0 Å². The van der Waals surface area contributed by atoms with Crippen LogP contribution in [0.5, 0.6) is 5.75 Å². The van der Waals surface area contributed by atoms with Gasteiger partial charge in [-0.25, -0.2) is 9.69 Å². The molecule has 0 saturated carbocycles. The standard InChI is InChI=1S/C12H12N2O4/c1-7-3-4-9(18-2)8(5-7)14-11(16)6-10(15)13-12(14)17/h3-5H,6H2,1-2H3,(H,13,15,17). The lowest BCUT2D eigenvalue weighted by molar-refractivity contribution is -0.128. The molecule has 4 amide bonds. The zero-order valence-electron chi connectivity index (χ0n) is 10.0. The van der Waals surface area contributed by atoms with Crippen LogP contribution in [0.15, 0.2) is 18.2 Å². The lowest BCUT2D eigenvalue weighted by Crippen LogP contribution is -2.53. The van der Waals surface area contributed by atoms with Gasteiger partial charge in [-0.3, -0.25) is 14.9 Å². The minimum Gasteiger partial charge on any atom is -0.495 e. The fourth-order valence-electron chi connectivity index (χ4n) is 1.77. The molecule has 6 heteroatoms. The number of carbonyl (C=O) groups excluding carboxylic acids is 3. The number of methoxy groups -OCH3 is 1. The van der Waals surface area contributed by atoms with Crippen LogP contribution in [-0.2, 0) is 9.59 Å². The summed E-state index contributed by atoms with van der Waals surface area (Å²) in [5, 5.41) is 2.10. The van der Waals surface area contributed by atoms with Gasteiger partial charge in [0.1, 0.15) is 12.2 Å². The van der Waals surface area contributed by atoms with Crippen molar-refractivity contribution in [2.45, 2.75) is 13.3 Å². The van der Waals surface area contributed by atoms with Crippen molar-refractivity contribution in [3.8, 4) is 5.75 Å². The fourth-order valence-corrected chi connectivity index (χ4v) is 1.77. The summed E-state index contributed by atoms with van der Waals surface area (Å²) in [5.41, 5.74) is 1.22. The molecule has 1 fully saturated rings. The molecule has 1 aliphatic heterocycles. The number of nitrogens with zero attached hydrogens (tertiary/aromatic N) is 1. The first-order valence-electron chi connectivity index (χ1n) is 5.34. The van der Waals surface area contributed by atoms with Gasteiger partial charge in [-0.1, -0.05) is 6.07 Å². The molecule has 1 saturated heterocycles. The number of urea groups is 1. The Labute approximate surface area is 104 Å². The summed E-state index contributed by atoms with van der Waals surface area (Å²) in [7, 11) is 1.45. The average molecular weight is 248 g/mol. The monoisotopic (exact) mass is 248 g/mol. The van der Waals surface area contributed by atoms with Crippen LogP contribution in [0.4, 0.5) is 10.5 Å². The van der Waals surface area contributed by atoms with E-state index in [0.29, 0.717) is 11.4 Å². The second-order valence-electron chi connectivity index (χ2n) is 3.93. The molecule has 6 nitrogen and oxygen atoms in total. The Balaban J connectivity index is 2.47. The minimum absolute atomic E-state index is 0.340. The Bertz CT molecular complexity index is 519. The van der Waals surface area contributed by atoms with Gasteiger partial charge in [0.05, 0.1) is 12.8 Å². The number of imide groups is 2. The van der Waals surface area contributed by atoms with Crippen molar-refractivity contribution in [1.82, 2.24) is 5.32 Å². The molecule has 1 aliphatic rings. The highest BCUT2D eigenvalue weighted by atomic mass is 16.5. The second-order valence-corrected chi connectivity index (χ2v) is 3.93. The van der Waals surface area contributed by atoms with Crippen molar-refractivity contribution in [2.24, 2.45) is 0 Å². The van der Waals surface area contributed by atoms with E-state index < -0.39 is 17.8 Å². The van der Waals surface area contributed by atoms with E-state index in [1.807, 2.05) is 6.92 Å². The largest absolute Gasteiger partial charge is 0.495 e. The van der Waals surface area contributed by atoms with E-state index in [-0.39, 0.29) is 6.42 Å². The molecule has 18 heavy (non-hydrogen) atoms. The Hall–Kier alpha value is -2.37. The maximum Gasteiger partial charge on any atom is 0.335 e. The van der Waals surface area contributed by atoms with Crippen LogP contribution in [-0.4, -0.2) is 25.0 Å². The molecule has 2 rings (SSSR count). The van der Waals surface area contributed by atoms with Crippen LogP contribution in [0.2, 0.25) is 0 Å². The number of barbiturate groups is 1. The molecule has 0 aromatic heterocycles. The third-order valence-corrected chi connectivity index (χ3v) is 2.59. The molecule has 94 valence electrons. The summed E-state index contributed by atoms with van der Waals surface area (Å²) in [6, 6.07) is 4.38. The smallest absolute Gasteiger partial charge is 0.335 e. The summed E-state index contributed by atoms with van der Waals surface area (Å²) >= 11 is 0. The molecule has 1 aromatic carbocycles. The van der Waals surface area contributed by atoms with Gasteiger partial charge in [-0.2, -0.15) is 0 Å². The first kappa shape index (κ1) is 12.1. The first-order valence-corrected chi connectivity index (χ1v) is 5.34. The lowest BCUT2D eigenvalue weighted by atomic mass is 10.1. The van der Waals surface area contributed by atoms with Gasteiger partial charge in [-0.15, -0.1) is 0 Å². The van der Waals surface area contributed by atoms with E-state index >= 15 is 0 Å². The Morgan fingerprint density at radius 1 is 1.28 bits per heavy atom. The van der Waals surface area contributed by atoms with E-state index in [0.717, 1.165) is 10.5 Å². The number of aryl methyl sites for hydroxylation is 1. The van der Waals surface area contributed by atoms with E-state index in [1.165, 1.54) is 7.11 Å². The summed E-state index contributed by atoms with van der Waals surface area (Å²) in [5.74, 6) is -0.751. The van der Waals surface area contributed by atoms with E-state index in [4.69, 9.17) is 4.74 Å². The minimum atomic E-state index is -0.750. The van der Waals surface area contributed by atoms with Gasteiger partial charge < -0.3 is 4.74 Å². The Kier molecular flexibility index (Phi) is 3.01. The third kappa shape index (κ3) is 2.04. The number of hydrogen-bond acceptors (Lipinski definition) is 4. The number of benzene rings is 1. The molecular formula is C12H12N2O4. The van der Waals surface area contributed by atoms with E-state index in [2.05, 4.69) is 5.32 Å². The number of ether oxygens (including phenoxy) is 1. The maximum atomic E-state index is 11.8. The maximum absolute atomic E-state index is 11.8. The molecule has 0 aliphatic carbocycles. The molecule has 0 spiro atoms. The number of amides is 4. The lowest BCUT2D eigenvalue weighted by Gasteiger charge is -2.26. The zero-order chi connectivity index (χ0) is 13.3. The van der Waals surface area contributed by atoms with Crippen molar-refractivity contribution in [3.05, 3.63) is 23.8 Å². The van der Waals surface area contributed by atoms with Gasteiger partial charge in [0.2, 0.25) is 11.8 Å². The summed E-state index contributed by atoms with van der Waals surface area (Å²) in [6.45, 7) is 1.83. The topological polar surface area (TPSA) is 75.7 Å². The van der Waals surface area contributed by atoms with Crippen molar-refractivity contribution < 1.29 is 19.1 Å². The average Bonchev–Trinajstić information content (AvgIpc) is 2.28. The molecule has 0 atom stereocenters. The van der Waals surface area contributed by atoms with Crippen molar-refractivity contribution in [1.29, 1.82) is 0 Å². The highest BCUT2D eigenvalue weighted by molar-refractivity contribution is 6.26. The molecule has 1 N–H and O–H groups in total. The van der Waals surface area contributed by atoms with Crippen LogP contribution in [0.3, 0.4) is 0 Å². The number of nitrogens with one attached hydrogen (secondary N) is 1. The van der Waals surface area contributed by atoms with Crippen LogP contribution in [0, 0.1) is 6.92 Å². The van der Waals surface area contributed by atoms with Crippen LogP contribution < -0.4 is 15.0 Å². The quantitative estimate of drug-likeness (QED) is 0.791. The van der Waals surface area contributed by atoms with Crippen LogP contribution in [0.1, 0.15) is 12.0 Å². The van der Waals surface area contributed by atoms with Crippen molar-refractivity contribution in [2.75, 3.05) is 12.0 Å². The molecule has 1 heterocycles. The first-order chi connectivity index (χ1) is 8.52. The van der Waals surface area contributed by atoms with E-state index in [9.17, 15) is 14.4 Å². The van der Waals surface area contributed by atoms with Gasteiger partial charge >= 0.3 is 6.03 Å². The van der Waals surface area contributed by atoms with Gasteiger partial charge in [0.15, 0.2) is 0 Å². The summed E-state index contributed by atoms with van der Waals surface area (Å²) < 4.78 is 5.12. The van der Waals surface area contributed by atoms with Crippen LogP contribution in [0.25, 0.3) is 0 Å².